The van der Waals surface area contributed by atoms with Crippen molar-refractivity contribution in [1.29, 1.82) is 0 Å². The molecular formula is C24H32O8. The largest absolute Gasteiger partial charge is 0.507 e. The summed E-state index contributed by atoms with van der Waals surface area (Å²) >= 11 is 0. The fraction of sp³-hybridized carbons (Fsp3) is 0.375. The molecule has 8 heteroatoms. The fourth-order valence-corrected chi connectivity index (χ4v) is 2.38. The first-order valence-corrected chi connectivity index (χ1v) is 9.30. The van der Waals surface area contributed by atoms with Gasteiger partial charge in [-0.25, -0.2) is 0 Å². The van der Waals surface area contributed by atoms with Gasteiger partial charge in [0.2, 0.25) is 0 Å². The van der Waals surface area contributed by atoms with Gasteiger partial charge in [0.15, 0.2) is 5.78 Å². The van der Waals surface area contributed by atoms with Crippen molar-refractivity contribution < 1.29 is 38.4 Å². The number of esters is 2. The number of carbonyl (C=O) groups excluding carboxylic acids is 3. The Bertz CT molecular complexity index is 864. The van der Waals surface area contributed by atoms with Crippen LogP contribution in [0.1, 0.15) is 44.1 Å². The molecule has 0 spiro atoms. The number of hydrogen-bond acceptors (Lipinski definition) is 8. The molecule has 8 nitrogen and oxygen atoms in total. The number of rotatable bonds is 11. The van der Waals surface area contributed by atoms with Crippen molar-refractivity contribution in [3.05, 3.63) is 59.7 Å². The highest BCUT2D eigenvalue weighted by Gasteiger charge is 2.17. The summed E-state index contributed by atoms with van der Waals surface area (Å²) in [6, 6.07) is 12.3. The van der Waals surface area contributed by atoms with Gasteiger partial charge in [0.05, 0.1) is 24.9 Å². The zero-order chi connectivity index (χ0) is 21.9. The Labute approximate surface area is 189 Å². The molecule has 32 heavy (non-hydrogen) atoms. The van der Waals surface area contributed by atoms with Gasteiger partial charge in [0, 0.05) is 18.7 Å². The minimum absolute atomic E-state index is 0. The molecule has 0 heterocycles. The number of phenolic OH excluding ortho intramolecular Hbond substituents is 1. The third-order valence-corrected chi connectivity index (χ3v) is 4.02. The monoisotopic (exact) mass is 448 g/mol. The minimum atomic E-state index is -0.851. The van der Waals surface area contributed by atoms with Crippen LogP contribution in [0.25, 0.3) is 0 Å². The van der Waals surface area contributed by atoms with Crippen molar-refractivity contribution in [3.63, 3.8) is 0 Å². The van der Waals surface area contributed by atoms with E-state index in [2.05, 4.69) is 0 Å². The number of carbonyl (C=O) groups is 3. The topological polar surface area (TPSA) is 108 Å². The first-order chi connectivity index (χ1) is 14.4. The van der Waals surface area contributed by atoms with Crippen molar-refractivity contribution >= 4 is 17.7 Å². The molecule has 0 fully saturated rings. The fourth-order valence-electron chi connectivity index (χ4n) is 2.38. The zero-order valence-corrected chi connectivity index (χ0v) is 16.8. The number of hydrogen-bond donors (Lipinski definition) is 1. The highest BCUT2D eigenvalue weighted by atomic mass is 16.6. The predicted molar refractivity (Wildman–Crippen MR) is 120 cm³/mol. The molecule has 2 rings (SSSR count). The molecule has 0 saturated heterocycles. The number of aromatic hydroxyl groups is 1. The van der Waals surface area contributed by atoms with Crippen LogP contribution in [-0.4, -0.2) is 55.9 Å². The molecule has 2 aromatic carbocycles. The van der Waals surface area contributed by atoms with E-state index >= 15 is 0 Å². The van der Waals surface area contributed by atoms with E-state index in [1.165, 1.54) is 12.1 Å². The molecular weight excluding hydrogens is 416 g/mol. The molecule has 2 aromatic rings. The smallest absolute Gasteiger partial charge is 0.322 e. The Kier molecular flexibility index (Phi) is 13.2. The predicted octanol–water partition coefficient (Wildman–Crippen LogP) is 3.79. The van der Waals surface area contributed by atoms with E-state index in [1.54, 1.807) is 37.4 Å². The minimum Gasteiger partial charge on any atom is -0.507 e. The molecule has 1 unspecified atom stereocenters. The van der Waals surface area contributed by atoms with E-state index in [0.717, 1.165) is 6.07 Å². The highest BCUT2D eigenvalue weighted by Crippen LogP contribution is 2.26. The summed E-state index contributed by atoms with van der Waals surface area (Å²) in [4.78, 5) is 35.9. The first-order valence-electron chi connectivity index (χ1n) is 9.30. The van der Waals surface area contributed by atoms with Crippen LogP contribution >= 0.6 is 0 Å². The van der Waals surface area contributed by atoms with E-state index in [-0.39, 0.29) is 57.0 Å². The third kappa shape index (κ3) is 9.28. The molecule has 0 saturated carbocycles. The second-order valence-corrected chi connectivity index (χ2v) is 6.37. The molecule has 0 radical (unpaired) electrons. The van der Waals surface area contributed by atoms with Gasteiger partial charge in [-0.1, -0.05) is 45.2 Å². The highest BCUT2D eigenvalue weighted by molar-refractivity contribution is 6.10. The lowest BCUT2D eigenvalue weighted by Crippen LogP contribution is -2.20. The zero-order valence-electron chi connectivity index (χ0n) is 16.8. The average molecular weight is 449 g/mol. The van der Waals surface area contributed by atoms with Crippen molar-refractivity contribution in [3.8, 4) is 11.5 Å². The lowest BCUT2D eigenvalue weighted by molar-refractivity contribution is -0.151. The Morgan fingerprint density at radius 2 is 1.66 bits per heavy atom. The number of phenols is 1. The second kappa shape index (κ2) is 14.7. The van der Waals surface area contributed by atoms with Crippen LogP contribution in [0, 0.1) is 0 Å². The average Bonchev–Trinajstić information content (AvgIpc) is 2.73. The normalized spacial score (nSPS) is 10.8. The van der Waals surface area contributed by atoms with Gasteiger partial charge < -0.3 is 24.1 Å². The maximum atomic E-state index is 12.4. The molecule has 176 valence electrons. The van der Waals surface area contributed by atoms with Crippen molar-refractivity contribution in [2.45, 2.75) is 34.3 Å². The Morgan fingerprint density at radius 1 is 0.969 bits per heavy atom. The molecule has 0 aromatic heterocycles. The van der Waals surface area contributed by atoms with Gasteiger partial charge in [-0.2, -0.15) is 0 Å². The van der Waals surface area contributed by atoms with Crippen LogP contribution < -0.4 is 4.74 Å². The molecule has 0 aliphatic carbocycles. The van der Waals surface area contributed by atoms with Gasteiger partial charge in [-0.3, -0.25) is 14.4 Å². The molecule has 0 aliphatic heterocycles. The summed E-state index contributed by atoms with van der Waals surface area (Å²) in [6.07, 6.45) is -0.665. The van der Waals surface area contributed by atoms with E-state index in [4.69, 9.17) is 18.9 Å². The van der Waals surface area contributed by atoms with E-state index in [0.29, 0.717) is 12.2 Å². The summed E-state index contributed by atoms with van der Waals surface area (Å²) in [5.41, 5.74) is 0.490. The van der Waals surface area contributed by atoms with Crippen molar-refractivity contribution in [2.75, 3.05) is 26.9 Å². The van der Waals surface area contributed by atoms with Gasteiger partial charge in [0.25, 0.3) is 0 Å². The van der Waals surface area contributed by atoms with E-state index in [9.17, 15) is 19.5 Å². The molecule has 1 N–H and O–H groups in total. The molecule has 0 amide bonds. The van der Waals surface area contributed by atoms with E-state index in [1.807, 2.05) is 6.92 Å². The summed E-state index contributed by atoms with van der Waals surface area (Å²) < 4.78 is 20.2. The van der Waals surface area contributed by atoms with Crippen molar-refractivity contribution in [2.24, 2.45) is 0 Å². The number of ether oxygens (including phenoxy) is 4. The quantitative estimate of drug-likeness (QED) is 0.182. The Hall–Kier alpha value is -3.23. The van der Waals surface area contributed by atoms with Crippen LogP contribution in [0.4, 0.5) is 0 Å². The SMILES string of the molecule is C.C.COC(C)COCCOC(=O)CC(=O)Oc1ccc(C(=O)c2ccccc2)c(O)c1. The summed E-state index contributed by atoms with van der Waals surface area (Å²) in [6.45, 7) is 2.38. The maximum Gasteiger partial charge on any atom is 0.322 e. The number of methoxy groups -OCH3 is 1. The lowest BCUT2D eigenvalue weighted by atomic mass is 10.0. The van der Waals surface area contributed by atoms with Gasteiger partial charge in [-0.05, 0) is 19.1 Å². The van der Waals surface area contributed by atoms with E-state index < -0.39 is 18.4 Å². The lowest BCUT2D eigenvalue weighted by Gasteiger charge is -2.10. The Morgan fingerprint density at radius 3 is 2.28 bits per heavy atom. The number of ketones is 1. The van der Waals surface area contributed by atoms with Crippen LogP contribution in [0.15, 0.2) is 48.5 Å². The Balaban J connectivity index is 0.00000480. The summed E-state index contributed by atoms with van der Waals surface area (Å²) in [5, 5.41) is 10.1. The standard InChI is InChI=1S/C22H24O8.2CH4/c1-15(27-2)14-28-10-11-29-20(24)13-21(25)30-17-8-9-18(19(23)12-17)22(26)16-6-4-3-5-7-16;;/h3-9,12,15,23H,10-11,13-14H2,1-2H3;2*1H4. The van der Waals surface area contributed by atoms with Crippen LogP contribution in [0.2, 0.25) is 0 Å². The maximum absolute atomic E-state index is 12.4. The van der Waals surface area contributed by atoms with Crippen LogP contribution in [0.5, 0.6) is 11.5 Å². The van der Waals surface area contributed by atoms with Crippen LogP contribution in [-0.2, 0) is 23.8 Å². The summed E-state index contributed by atoms with van der Waals surface area (Å²) in [5.74, 6) is -2.30. The molecule has 0 bridgehead atoms. The van der Waals surface area contributed by atoms with Gasteiger partial charge in [0.1, 0.15) is 24.5 Å². The van der Waals surface area contributed by atoms with Crippen molar-refractivity contribution in [1.82, 2.24) is 0 Å². The molecule has 0 aliphatic rings. The van der Waals surface area contributed by atoms with Gasteiger partial charge in [-0.15, -0.1) is 0 Å². The molecule has 1 atom stereocenters. The van der Waals surface area contributed by atoms with Crippen LogP contribution in [0.3, 0.4) is 0 Å². The third-order valence-electron chi connectivity index (χ3n) is 4.02. The first kappa shape index (κ1) is 28.8. The van der Waals surface area contributed by atoms with Gasteiger partial charge >= 0.3 is 11.9 Å². The second-order valence-electron chi connectivity index (χ2n) is 6.37. The summed E-state index contributed by atoms with van der Waals surface area (Å²) in [7, 11) is 1.56. The number of benzene rings is 2.